The minimum atomic E-state index is -0.555. The van der Waals surface area contributed by atoms with E-state index >= 15 is 0 Å². The second-order valence-electron chi connectivity index (χ2n) is 6.68. The molecule has 3 aromatic rings. The number of hydrogen-bond acceptors (Lipinski definition) is 6. The van der Waals surface area contributed by atoms with Crippen molar-refractivity contribution in [2.75, 3.05) is 6.54 Å². The van der Waals surface area contributed by atoms with Gasteiger partial charge in [-0.3, -0.25) is 4.79 Å². The van der Waals surface area contributed by atoms with Crippen LogP contribution >= 0.6 is 11.3 Å². The topological polar surface area (TPSA) is 68.5 Å². The van der Waals surface area contributed by atoms with Crippen molar-refractivity contribution < 1.29 is 14.1 Å². The molecule has 28 heavy (non-hydrogen) atoms. The van der Waals surface area contributed by atoms with E-state index < -0.39 is 6.10 Å². The summed E-state index contributed by atoms with van der Waals surface area (Å²) in [5, 5.41) is 5.97. The van der Waals surface area contributed by atoms with Crippen LogP contribution in [-0.2, 0) is 11.3 Å². The fourth-order valence-corrected chi connectivity index (χ4v) is 3.66. The number of thiophene rings is 1. The van der Waals surface area contributed by atoms with Crippen molar-refractivity contribution in [3.8, 4) is 16.5 Å². The number of likely N-dealkylation sites (N-methyl/N-ethyl adjacent to an activating group) is 1. The lowest BCUT2D eigenvalue weighted by Crippen LogP contribution is -2.41. The number of carbonyl (C=O) groups is 1. The van der Waals surface area contributed by atoms with Crippen LogP contribution in [-0.4, -0.2) is 33.6 Å². The molecular weight excluding hydrogens is 374 g/mol. The molecule has 0 spiro atoms. The average molecular weight is 400 g/mol. The zero-order chi connectivity index (χ0) is 20.1. The van der Waals surface area contributed by atoms with Crippen LogP contribution in [0.4, 0.5) is 0 Å². The lowest BCUT2D eigenvalue weighted by Gasteiger charge is -2.25. The van der Waals surface area contributed by atoms with Crippen LogP contribution in [0.1, 0.15) is 37.3 Å². The number of hydrogen-bond donors (Lipinski definition) is 0. The molecule has 0 unspecified atom stereocenters. The second-order valence-corrected chi connectivity index (χ2v) is 7.63. The fraction of sp³-hybridized carbons (Fsp3) is 0.381. The smallest absolute Gasteiger partial charge is 0.264 e. The Hall–Kier alpha value is -2.67. The third-order valence-corrected chi connectivity index (χ3v) is 5.21. The highest BCUT2D eigenvalue weighted by molar-refractivity contribution is 7.13. The number of rotatable bonds is 8. The Kier molecular flexibility index (Phi) is 6.46. The first-order valence-corrected chi connectivity index (χ1v) is 10.3. The molecule has 0 aliphatic rings. The Morgan fingerprint density at radius 1 is 1.25 bits per heavy atom. The van der Waals surface area contributed by atoms with E-state index in [1.807, 2.05) is 57.3 Å². The van der Waals surface area contributed by atoms with Crippen molar-refractivity contribution in [2.45, 2.75) is 46.8 Å². The van der Waals surface area contributed by atoms with Crippen LogP contribution in [0.5, 0.6) is 5.75 Å². The third kappa shape index (κ3) is 4.78. The maximum Gasteiger partial charge on any atom is 0.264 e. The van der Waals surface area contributed by atoms with Crippen LogP contribution in [0.2, 0.25) is 0 Å². The molecule has 1 amide bonds. The van der Waals surface area contributed by atoms with Gasteiger partial charge >= 0.3 is 0 Å². The third-order valence-electron chi connectivity index (χ3n) is 4.35. The van der Waals surface area contributed by atoms with E-state index in [0.29, 0.717) is 30.4 Å². The molecule has 3 rings (SSSR count). The van der Waals surface area contributed by atoms with E-state index in [0.717, 1.165) is 16.0 Å². The quantitative estimate of drug-likeness (QED) is 0.553. The molecule has 2 heterocycles. The molecule has 0 saturated carbocycles. The second kappa shape index (κ2) is 9.01. The highest BCUT2D eigenvalue weighted by atomic mass is 32.1. The molecule has 0 fully saturated rings. The molecule has 6 nitrogen and oxygen atoms in total. The van der Waals surface area contributed by atoms with Crippen molar-refractivity contribution in [1.82, 2.24) is 15.0 Å². The summed E-state index contributed by atoms with van der Waals surface area (Å²) in [6.45, 7) is 8.70. The molecule has 1 atom stereocenters. The predicted octanol–water partition coefficient (Wildman–Crippen LogP) is 4.62. The van der Waals surface area contributed by atoms with Gasteiger partial charge in [0.15, 0.2) is 6.10 Å². The lowest BCUT2D eigenvalue weighted by molar-refractivity contribution is -0.139. The van der Waals surface area contributed by atoms with Gasteiger partial charge in [0.2, 0.25) is 11.7 Å². The molecule has 0 aliphatic heterocycles. The van der Waals surface area contributed by atoms with Crippen LogP contribution in [0, 0.1) is 13.8 Å². The first-order chi connectivity index (χ1) is 13.5. The van der Waals surface area contributed by atoms with Crippen molar-refractivity contribution in [3.05, 3.63) is 52.7 Å². The summed E-state index contributed by atoms with van der Waals surface area (Å²) in [5.41, 5.74) is 2.22. The first-order valence-electron chi connectivity index (χ1n) is 9.40. The van der Waals surface area contributed by atoms with Gasteiger partial charge < -0.3 is 14.2 Å². The molecule has 1 aromatic carbocycles. The number of ether oxygens (including phenoxy) is 1. The van der Waals surface area contributed by atoms with Gasteiger partial charge in [0.25, 0.3) is 5.91 Å². The molecule has 7 heteroatoms. The normalized spacial score (nSPS) is 12.0. The summed E-state index contributed by atoms with van der Waals surface area (Å²) in [4.78, 5) is 20.1. The number of aryl methyl sites for hydroxylation is 2. The van der Waals surface area contributed by atoms with Gasteiger partial charge in [-0.05, 0) is 61.9 Å². The zero-order valence-electron chi connectivity index (χ0n) is 16.6. The first kappa shape index (κ1) is 20.1. The minimum Gasteiger partial charge on any atom is -0.481 e. The van der Waals surface area contributed by atoms with Crippen LogP contribution < -0.4 is 4.74 Å². The van der Waals surface area contributed by atoms with Gasteiger partial charge in [-0.2, -0.15) is 4.98 Å². The minimum absolute atomic E-state index is 0.0833. The number of benzene rings is 1. The van der Waals surface area contributed by atoms with Gasteiger partial charge in [0.1, 0.15) is 12.3 Å². The van der Waals surface area contributed by atoms with Crippen molar-refractivity contribution in [2.24, 2.45) is 0 Å². The van der Waals surface area contributed by atoms with Crippen molar-refractivity contribution in [3.63, 3.8) is 0 Å². The highest BCUT2D eigenvalue weighted by Crippen LogP contribution is 2.22. The number of amides is 1. The number of carbonyl (C=O) groups excluding carboxylic acids is 1. The Labute approximate surface area is 169 Å². The predicted molar refractivity (Wildman–Crippen MR) is 109 cm³/mol. The summed E-state index contributed by atoms with van der Waals surface area (Å²) < 4.78 is 11.4. The maximum atomic E-state index is 13.0. The molecule has 2 aromatic heterocycles. The van der Waals surface area contributed by atoms with E-state index in [-0.39, 0.29) is 12.5 Å². The number of nitrogens with zero attached hydrogens (tertiary/aromatic N) is 3. The average Bonchev–Trinajstić information content (AvgIpc) is 3.34. The van der Waals surface area contributed by atoms with Gasteiger partial charge in [-0.15, -0.1) is 11.3 Å². The van der Waals surface area contributed by atoms with Gasteiger partial charge in [0, 0.05) is 6.54 Å². The summed E-state index contributed by atoms with van der Waals surface area (Å²) in [6.07, 6.45) is 0.0212. The SMILES string of the molecule is CC[C@H](Oc1cc(C)cc(C)c1)C(=O)N(CC)Cc1nc(-c2cccs2)no1. The largest absolute Gasteiger partial charge is 0.481 e. The van der Waals surface area contributed by atoms with Gasteiger partial charge in [0.05, 0.1) is 4.88 Å². The van der Waals surface area contributed by atoms with Gasteiger partial charge in [-0.25, -0.2) is 0 Å². The highest BCUT2D eigenvalue weighted by Gasteiger charge is 2.25. The van der Waals surface area contributed by atoms with E-state index in [1.54, 1.807) is 16.2 Å². The molecule has 0 aliphatic carbocycles. The molecule has 0 saturated heterocycles. The van der Waals surface area contributed by atoms with E-state index in [9.17, 15) is 4.79 Å². The Balaban J connectivity index is 1.70. The monoisotopic (exact) mass is 399 g/mol. The summed E-state index contributed by atoms with van der Waals surface area (Å²) in [7, 11) is 0. The molecule has 0 N–H and O–H groups in total. The zero-order valence-corrected chi connectivity index (χ0v) is 17.5. The van der Waals surface area contributed by atoms with Gasteiger partial charge in [-0.1, -0.05) is 24.2 Å². The summed E-state index contributed by atoms with van der Waals surface area (Å²) in [5.74, 6) is 1.60. The van der Waals surface area contributed by atoms with Crippen LogP contribution in [0.25, 0.3) is 10.7 Å². The fourth-order valence-electron chi connectivity index (χ4n) is 3.01. The Bertz CT molecular complexity index is 901. The van der Waals surface area contributed by atoms with E-state index in [1.165, 1.54) is 0 Å². The molecule has 0 radical (unpaired) electrons. The van der Waals surface area contributed by atoms with E-state index in [2.05, 4.69) is 16.2 Å². The molecule has 0 bridgehead atoms. The number of aromatic nitrogens is 2. The summed E-state index contributed by atoms with van der Waals surface area (Å²) >= 11 is 1.55. The Morgan fingerprint density at radius 2 is 2.00 bits per heavy atom. The molecular formula is C21H25N3O3S. The summed E-state index contributed by atoms with van der Waals surface area (Å²) in [6, 6.07) is 9.85. The van der Waals surface area contributed by atoms with Crippen molar-refractivity contribution >= 4 is 17.2 Å². The Morgan fingerprint density at radius 3 is 2.61 bits per heavy atom. The van der Waals surface area contributed by atoms with Crippen molar-refractivity contribution in [1.29, 1.82) is 0 Å². The van der Waals surface area contributed by atoms with E-state index in [4.69, 9.17) is 9.26 Å². The van der Waals surface area contributed by atoms with Crippen LogP contribution in [0.3, 0.4) is 0 Å². The van der Waals surface area contributed by atoms with Crippen LogP contribution in [0.15, 0.2) is 40.2 Å². The lowest BCUT2D eigenvalue weighted by atomic mass is 10.1. The maximum absolute atomic E-state index is 13.0. The molecule has 148 valence electrons. The standard InChI is InChI=1S/C21H25N3O3S/c1-5-17(26-16-11-14(3)10-15(4)12-16)21(25)24(6-2)13-19-22-20(23-27-19)18-8-7-9-28-18/h7-12,17H,5-6,13H2,1-4H3/t17-/m0/s1.